The third-order valence-electron chi connectivity index (χ3n) is 4.46. The van der Waals surface area contributed by atoms with Crippen molar-refractivity contribution in [2.45, 2.75) is 38.6 Å². The highest BCUT2D eigenvalue weighted by atomic mass is 16.3. The summed E-state index contributed by atoms with van der Waals surface area (Å²) < 4.78 is 0. The molecule has 2 heteroatoms. The molecule has 0 aromatic heterocycles. The van der Waals surface area contributed by atoms with Crippen molar-refractivity contribution < 1.29 is 5.11 Å². The zero-order valence-corrected chi connectivity index (χ0v) is 10.8. The molecule has 1 fully saturated rings. The van der Waals surface area contributed by atoms with Gasteiger partial charge in [0.15, 0.2) is 0 Å². The molecule has 1 aromatic rings. The molecule has 0 amide bonds. The van der Waals surface area contributed by atoms with Crippen molar-refractivity contribution in [1.29, 1.82) is 0 Å². The van der Waals surface area contributed by atoms with Crippen LogP contribution >= 0.6 is 0 Å². The van der Waals surface area contributed by atoms with Gasteiger partial charge in [-0.1, -0.05) is 44.9 Å². The smallest absolute Gasteiger partial charge is 0.0664 e. The Labute approximate surface area is 104 Å². The summed E-state index contributed by atoms with van der Waals surface area (Å²) in [6.07, 6.45) is 3.54. The van der Waals surface area contributed by atoms with Gasteiger partial charge in [0.25, 0.3) is 0 Å². The highest BCUT2D eigenvalue weighted by Crippen LogP contribution is 2.39. The Morgan fingerprint density at radius 3 is 2.65 bits per heavy atom. The first-order valence-electron chi connectivity index (χ1n) is 6.62. The Bertz CT molecular complexity index is 351. The van der Waals surface area contributed by atoms with E-state index in [4.69, 9.17) is 0 Å². The molecule has 2 rings (SSSR count). The molecule has 1 saturated carbocycles. The van der Waals surface area contributed by atoms with Gasteiger partial charge in [0.05, 0.1) is 12.1 Å². The van der Waals surface area contributed by atoms with E-state index < -0.39 is 0 Å². The molecular weight excluding hydrogens is 210 g/mol. The minimum absolute atomic E-state index is 0.140. The molecule has 0 aliphatic heterocycles. The minimum atomic E-state index is -0.140. The lowest BCUT2D eigenvalue weighted by atomic mass is 9.68. The van der Waals surface area contributed by atoms with Gasteiger partial charge in [0, 0.05) is 5.69 Å². The number of aliphatic hydroxyl groups excluding tert-OH is 1. The van der Waals surface area contributed by atoms with Crippen LogP contribution in [0.4, 0.5) is 5.69 Å². The lowest BCUT2D eigenvalue weighted by molar-refractivity contribution is 0.0925. The second kappa shape index (κ2) is 5.09. The van der Waals surface area contributed by atoms with Gasteiger partial charge in [-0.05, 0) is 30.4 Å². The van der Waals surface area contributed by atoms with E-state index in [9.17, 15) is 5.11 Å². The molecule has 17 heavy (non-hydrogen) atoms. The van der Waals surface area contributed by atoms with Gasteiger partial charge < -0.3 is 10.4 Å². The predicted molar refractivity (Wildman–Crippen MR) is 72.1 cm³/mol. The predicted octanol–water partition coefficient (Wildman–Crippen LogP) is 3.29. The molecule has 1 aromatic carbocycles. The number of para-hydroxylation sites is 1. The summed E-state index contributed by atoms with van der Waals surface area (Å²) in [5.74, 6) is 1.17. The van der Waals surface area contributed by atoms with Crippen LogP contribution in [0, 0.1) is 11.8 Å². The first-order chi connectivity index (χ1) is 8.18. The van der Waals surface area contributed by atoms with E-state index in [1.54, 1.807) is 0 Å². The zero-order valence-electron chi connectivity index (χ0n) is 10.8. The Balaban J connectivity index is 2.19. The summed E-state index contributed by atoms with van der Waals surface area (Å²) in [4.78, 5) is 0. The Morgan fingerprint density at radius 2 is 2.00 bits per heavy atom. The van der Waals surface area contributed by atoms with Crippen LogP contribution in [-0.2, 0) is 0 Å². The number of hydrogen-bond donors (Lipinski definition) is 2. The summed E-state index contributed by atoms with van der Waals surface area (Å²) >= 11 is 0. The summed E-state index contributed by atoms with van der Waals surface area (Å²) in [7, 11) is 0. The van der Waals surface area contributed by atoms with E-state index in [-0.39, 0.29) is 12.1 Å². The van der Waals surface area contributed by atoms with Crippen LogP contribution in [0.15, 0.2) is 30.3 Å². The van der Waals surface area contributed by atoms with Crippen LogP contribution in [0.25, 0.3) is 0 Å². The monoisotopic (exact) mass is 233 g/mol. The fourth-order valence-corrected chi connectivity index (χ4v) is 3.01. The lowest BCUT2D eigenvalue weighted by Crippen LogP contribution is -2.52. The molecular formula is C15H23NO. The highest BCUT2D eigenvalue weighted by Gasteiger charge is 2.40. The average Bonchev–Trinajstić information content (AvgIpc) is 2.36. The van der Waals surface area contributed by atoms with E-state index in [2.05, 4.69) is 31.3 Å². The van der Waals surface area contributed by atoms with Gasteiger partial charge in [-0.15, -0.1) is 0 Å². The van der Waals surface area contributed by atoms with Crippen molar-refractivity contribution >= 4 is 5.69 Å². The Morgan fingerprint density at radius 1 is 1.29 bits per heavy atom. The number of aliphatic hydroxyl groups is 1. The molecule has 2 nitrogen and oxygen atoms in total. The van der Waals surface area contributed by atoms with E-state index in [1.165, 1.54) is 12.8 Å². The van der Waals surface area contributed by atoms with Crippen LogP contribution in [0.2, 0.25) is 0 Å². The van der Waals surface area contributed by atoms with Gasteiger partial charge in [0.2, 0.25) is 0 Å². The number of hydrogen-bond acceptors (Lipinski definition) is 2. The highest BCUT2D eigenvalue weighted by molar-refractivity contribution is 5.45. The van der Waals surface area contributed by atoms with E-state index in [1.807, 2.05) is 18.2 Å². The summed E-state index contributed by atoms with van der Waals surface area (Å²) in [6, 6.07) is 10.2. The molecule has 94 valence electrons. The van der Waals surface area contributed by atoms with Crippen molar-refractivity contribution in [3.63, 3.8) is 0 Å². The van der Waals surface area contributed by atoms with Crippen LogP contribution < -0.4 is 5.32 Å². The Hall–Kier alpha value is -1.02. The molecule has 1 aliphatic carbocycles. The standard InChI is InChI=1S/C15H23NO/c1-12-7-6-10-15(11-17,13(12)2)16-14-8-4-3-5-9-14/h3-5,8-9,12-13,16-17H,6-7,10-11H2,1-2H3. The fraction of sp³-hybridized carbons (Fsp3) is 0.600. The van der Waals surface area contributed by atoms with Gasteiger partial charge in [-0.25, -0.2) is 0 Å². The number of rotatable bonds is 3. The lowest BCUT2D eigenvalue weighted by Gasteiger charge is -2.46. The topological polar surface area (TPSA) is 32.3 Å². The van der Waals surface area contributed by atoms with E-state index in [0.29, 0.717) is 11.8 Å². The van der Waals surface area contributed by atoms with Crippen molar-refractivity contribution in [3.05, 3.63) is 30.3 Å². The molecule has 0 radical (unpaired) electrons. The van der Waals surface area contributed by atoms with Crippen molar-refractivity contribution in [2.24, 2.45) is 11.8 Å². The maximum Gasteiger partial charge on any atom is 0.0664 e. The number of benzene rings is 1. The van der Waals surface area contributed by atoms with Crippen molar-refractivity contribution in [3.8, 4) is 0 Å². The minimum Gasteiger partial charge on any atom is -0.394 e. The fourth-order valence-electron chi connectivity index (χ4n) is 3.01. The number of anilines is 1. The van der Waals surface area contributed by atoms with Gasteiger partial charge in [-0.3, -0.25) is 0 Å². The normalized spacial score (nSPS) is 33.4. The largest absolute Gasteiger partial charge is 0.394 e. The maximum atomic E-state index is 9.83. The second-order valence-electron chi connectivity index (χ2n) is 5.46. The second-order valence-corrected chi connectivity index (χ2v) is 5.46. The summed E-state index contributed by atoms with van der Waals surface area (Å²) in [6.45, 7) is 4.77. The van der Waals surface area contributed by atoms with E-state index >= 15 is 0 Å². The molecule has 3 atom stereocenters. The van der Waals surface area contributed by atoms with Gasteiger partial charge >= 0.3 is 0 Å². The van der Waals surface area contributed by atoms with Crippen molar-refractivity contribution in [1.82, 2.24) is 0 Å². The first kappa shape index (κ1) is 12.4. The Kier molecular flexibility index (Phi) is 3.72. The molecule has 0 heterocycles. The van der Waals surface area contributed by atoms with Crippen LogP contribution in [0.1, 0.15) is 33.1 Å². The SMILES string of the molecule is CC1CCCC(CO)(Nc2ccccc2)C1C. The molecule has 2 N–H and O–H groups in total. The number of nitrogens with one attached hydrogen (secondary N) is 1. The first-order valence-corrected chi connectivity index (χ1v) is 6.62. The van der Waals surface area contributed by atoms with Gasteiger partial charge in [0.1, 0.15) is 0 Å². The molecule has 1 aliphatic rings. The third-order valence-corrected chi connectivity index (χ3v) is 4.46. The van der Waals surface area contributed by atoms with Crippen molar-refractivity contribution in [2.75, 3.05) is 11.9 Å². The third kappa shape index (κ3) is 2.47. The van der Waals surface area contributed by atoms with E-state index in [0.717, 1.165) is 12.1 Å². The molecule has 0 spiro atoms. The van der Waals surface area contributed by atoms with Crippen LogP contribution in [0.5, 0.6) is 0 Å². The zero-order chi connectivity index (χ0) is 12.3. The summed E-state index contributed by atoms with van der Waals surface area (Å²) in [5.41, 5.74) is 0.974. The molecule has 3 unspecified atom stereocenters. The summed E-state index contributed by atoms with van der Waals surface area (Å²) in [5, 5.41) is 13.4. The van der Waals surface area contributed by atoms with Crippen LogP contribution in [0.3, 0.4) is 0 Å². The van der Waals surface area contributed by atoms with Crippen LogP contribution in [-0.4, -0.2) is 17.3 Å². The average molecular weight is 233 g/mol. The maximum absolute atomic E-state index is 9.83. The molecule has 0 bridgehead atoms. The van der Waals surface area contributed by atoms with Gasteiger partial charge in [-0.2, -0.15) is 0 Å². The quantitative estimate of drug-likeness (QED) is 0.839. The molecule has 0 saturated heterocycles.